The van der Waals surface area contributed by atoms with Gasteiger partial charge in [0.2, 0.25) is 17.9 Å². The maximum absolute atomic E-state index is 10.6. The van der Waals surface area contributed by atoms with Crippen molar-refractivity contribution in [2.45, 2.75) is 34.0 Å². The second kappa shape index (κ2) is 9.37. The first kappa shape index (κ1) is 21.8. The number of anilines is 1. The Hall–Kier alpha value is -3.43. The fourth-order valence-corrected chi connectivity index (χ4v) is 3.63. The van der Waals surface area contributed by atoms with Crippen LogP contribution in [0.5, 0.6) is 0 Å². The Balaban J connectivity index is 1.79. The molecule has 2 aromatic heterocycles. The molecule has 166 valence electrons. The van der Waals surface area contributed by atoms with E-state index < -0.39 is 6.29 Å². The Kier molecular flexibility index (Phi) is 6.38. The molecule has 0 spiro atoms. The summed E-state index contributed by atoms with van der Waals surface area (Å²) >= 11 is 0. The minimum Gasteiger partial charge on any atom is -0.372 e. The van der Waals surface area contributed by atoms with Crippen molar-refractivity contribution in [1.29, 1.82) is 0 Å². The van der Waals surface area contributed by atoms with Crippen LogP contribution < -0.4 is 4.90 Å². The number of ether oxygens (including phenoxy) is 1. The van der Waals surface area contributed by atoms with Gasteiger partial charge in [-0.3, -0.25) is 4.98 Å². The van der Waals surface area contributed by atoms with E-state index in [0.29, 0.717) is 35.4 Å². The maximum atomic E-state index is 10.6. The number of aliphatic hydroxyl groups excluding tert-OH is 1. The number of fused-ring (bicyclic) bond motifs is 1. The molecule has 3 aromatic rings. The summed E-state index contributed by atoms with van der Waals surface area (Å²) in [5.74, 6) is 0.909. The molecule has 9 nitrogen and oxygen atoms in total. The van der Waals surface area contributed by atoms with Crippen molar-refractivity contribution in [2.24, 2.45) is 10.1 Å². The molecule has 1 atom stereocenters. The van der Waals surface area contributed by atoms with Crippen molar-refractivity contribution in [2.75, 3.05) is 24.6 Å². The molecule has 0 saturated carbocycles. The van der Waals surface area contributed by atoms with E-state index in [1.807, 2.05) is 44.2 Å². The molecule has 0 bridgehead atoms. The summed E-state index contributed by atoms with van der Waals surface area (Å²) in [4.78, 5) is 11.4. The standard InChI is InChI=1S/C23H27N7O2/c1-5-29(6-2)16-11-12-17(15(4)14-16)25-19-20(23(31)32-7-3)28-30-21(26-27-22(19)30)18-10-8-9-13-24-18/h8-14,23,31H,5-7H2,1-4H3. The monoisotopic (exact) mass is 433 g/mol. The summed E-state index contributed by atoms with van der Waals surface area (Å²) in [5, 5.41) is 23.7. The number of benzene rings is 1. The van der Waals surface area contributed by atoms with Crippen molar-refractivity contribution in [3.8, 4) is 11.5 Å². The highest BCUT2D eigenvalue weighted by atomic mass is 16.6. The highest BCUT2D eigenvalue weighted by molar-refractivity contribution is 6.50. The van der Waals surface area contributed by atoms with Crippen LogP contribution >= 0.6 is 0 Å². The molecule has 1 N–H and O–H groups in total. The van der Waals surface area contributed by atoms with E-state index in [4.69, 9.17) is 9.73 Å². The highest BCUT2D eigenvalue weighted by Crippen LogP contribution is 2.28. The molecule has 0 amide bonds. The third-order valence-electron chi connectivity index (χ3n) is 5.30. The first-order chi connectivity index (χ1) is 15.6. The fraction of sp³-hybridized carbons (Fsp3) is 0.348. The lowest BCUT2D eigenvalue weighted by Gasteiger charge is -2.21. The van der Waals surface area contributed by atoms with E-state index in [0.717, 1.165) is 30.0 Å². The van der Waals surface area contributed by atoms with Crippen LogP contribution in [0.1, 0.15) is 32.2 Å². The topological polar surface area (TPSA) is 101 Å². The predicted octanol–water partition coefficient (Wildman–Crippen LogP) is 3.19. The fourth-order valence-electron chi connectivity index (χ4n) is 3.63. The molecule has 1 unspecified atom stereocenters. The Morgan fingerprint density at radius 1 is 1.09 bits per heavy atom. The number of nitrogens with zero attached hydrogens (tertiary/aromatic N) is 7. The van der Waals surface area contributed by atoms with Crippen LogP contribution in [0.15, 0.2) is 52.7 Å². The molecule has 1 aliphatic rings. The number of hydrogen-bond donors (Lipinski definition) is 1. The molecule has 0 radical (unpaired) electrons. The lowest BCUT2D eigenvalue weighted by atomic mass is 10.1. The number of aliphatic hydroxyl groups is 1. The lowest BCUT2D eigenvalue weighted by Crippen LogP contribution is -2.29. The number of aromatic nitrogens is 4. The zero-order valence-corrected chi connectivity index (χ0v) is 18.7. The summed E-state index contributed by atoms with van der Waals surface area (Å²) < 4.78 is 6.96. The zero-order chi connectivity index (χ0) is 22.7. The molecule has 0 aliphatic carbocycles. The van der Waals surface area contributed by atoms with E-state index in [1.165, 1.54) is 0 Å². The molecule has 0 saturated heterocycles. The summed E-state index contributed by atoms with van der Waals surface area (Å²) in [6.45, 7) is 10.3. The van der Waals surface area contributed by atoms with E-state index in [9.17, 15) is 5.11 Å². The molecule has 1 aromatic carbocycles. The van der Waals surface area contributed by atoms with E-state index >= 15 is 0 Å². The molecular formula is C23H27N7O2. The second-order valence-electron chi connectivity index (χ2n) is 7.27. The minimum absolute atomic E-state index is 0.293. The largest absolute Gasteiger partial charge is 0.372 e. The van der Waals surface area contributed by atoms with Gasteiger partial charge in [-0.05, 0) is 63.6 Å². The quantitative estimate of drug-likeness (QED) is 0.548. The molecule has 32 heavy (non-hydrogen) atoms. The number of aliphatic imine (C=N–C) groups is 1. The summed E-state index contributed by atoms with van der Waals surface area (Å²) in [5.41, 5.74) is 4.27. The SMILES string of the molecule is CCOC(O)C1=Nn2c(nnc2-c2ccccn2)C1=Nc1ccc(N(CC)CC)cc1C. The van der Waals surface area contributed by atoms with Crippen molar-refractivity contribution >= 4 is 22.8 Å². The van der Waals surface area contributed by atoms with Gasteiger partial charge in [-0.25, -0.2) is 4.99 Å². The summed E-state index contributed by atoms with van der Waals surface area (Å²) in [7, 11) is 0. The molecule has 4 rings (SSSR count). The summed E-state index contributed by atoms with van der Waals surface area (Å²) in [6, 6.07) is 11.7. The van der Waals surface area contributed by atoms with Gasteiger partial charge in [-0.15, -0.1) is 10.2 Å². The van der Waals surface area contributed by atoms with Crippen LogP contribution in [0.3, 0.4) is 0 Å². The molecule has 3 heterocycles. The van der Waals surface area contributed by atoms with Gasteiger partial charge in [0.05, 0.1) is 5.69 Å². The van der Waals surface area contributed by atoms with Gasteiger partial charge in [-0.2, -0.15) is 9.78 Å². The first-order valence-corrected chi connectivity index (χ1v) is 10.8. The van der Waals surface area contributed by atoms with Crippen LogP contribution in [-0.2, 0) is 4.74 Å². The predicted molar refractivity (Wildman–Crippen MR) is 125 cm³/mol. The average Bonchev–Trinajstić information content (AvgIpc) is 3.37. The number of pyridine rings is 1. The smallest absolute Gasteiger partial charge is 0.206 e. The number of rotatable bonds is 8. The third kappa shape index (κ3) is 4.04. The minimum atomic E-state index is -1.23. The van der Waals surface area contributed by atoms with Crippen LogP contribution in [-0.4, -0.2) is 62.4 Å². The van der Waals surface area contributed by atoms with Gasteiger partial charge in [-0.1, -0.05) is 6.07 Å². The van der Waals surface area contributed by atoms with Gasteiger partial charge in [0.1, 0.15) is 17.1 Å². The van der Waals surface area contributed by atoms with Crippen LogP contribution in [0.4, 0.5) is 11.4 Å². The number of aryl methyl sites for hydroxylation is 1. The van der Waals surface area contributed by atoms with Crippen molar-refractivity contribution in [3.05, 3.63) is 54.0 Å². The van der Waals surface area contributed by atoms with Gasteiger partial charge in [0.25, 0.3) is 0 Å². The summed E-state index contributed by atoms with van der Waals surface area (Å²) in [6.07, 6.45) is 0.453. The average molecular weight is 434 g/mol. The molecule has 1 aliphatic heterocycles. The zero-order valence-electron chi connectivity index (χ0n) is 18.7. The van der Waals surface area contributed by atoms with E-state index in [2.05, 4.69) is 45.1 Å². The second-order valence-corrected chi connectivity index (χ2v) is 7.27. The molecular weight excluding hydrogens is 406 g/mol. The molecule has 0 fully saturated rings. The van der Waals surface area contributed by atoms with Crippen molar-refractivity contribution < 1.29 is 9.84 Å². The van der Waals surface area contributed by atoms with Crippen molar-refractivity contribution in [1.82, 2.24) is 19.9 Å². The Labute approximate surface area is 187 Å². The Morgan fingerprint density at radius 2 is 1.88 bits per heavy atom. The van der Waals surface area contributed by atoms with E-state index in [-0.39, 0.29) is 0 Å². The Morgan fingerprint density at radius 3 is 2.53 bits per heavy atom. The van der Waals surface area contributed by atoms with Crippen LogP contribution in [0, 0.1) is 6.92 Å². The Bertz CT molecular complexity index is 1150. The van der Waals surface area contributed by atoms with Gasteiger partial charge in [0.15, 0.2) is 0 Å². The third-order valence-corrected chi connectivity index (χ3v) is 5.30. The normalized spacial score (nSPS) is 15.0. The molecule has 9 heteroatoms. The van der Waals surface area contributed by atoms with Gasteiger partial charge >= 0.3 is 0 Å². The van der Waals surface area contributed by atoms with Gasteiger partial charge in [0, 0.05) is 31.6 Å². The number of hydrogen-bond acceptors (Lipinski definition) is 8. The lowest BCUT2D eigenvalue weighted by molar-refractivity contribution is -0.0425. The van der Waals surface area contributed by atoms with Crippen LogP contribution in [0.2, 0.25) is 0 Å². The van der Waals surface area contributed by atoms with E-state index in [1.54, 1.807) is 10.9 Å². The first-order valence-electron chi connectivity index (χ1n) is 10.8. The maximum Gasteiger partial charge on any atom is 0.206 e. The van der Waals surface area contributed by atoms with Crippen LogP contribution in [0.25, 0.3) is 11.5 Å². The van der Waals surface area contributed by atoms with Crippen molar-refractivity contribution in [3.63, 3.8) is 0 Å². The van der Waals surface area contributed by atoms with Gasteiger partial charge < -0.3 is 14.7 Å². The highest BCUT2D eigenvalue weighted by Gasteiger charge is 2.33.